The predicted molar refractivity (Wildman–Crippen MR) is 89.8 cm³/mol. The molecular weight excluding hydrogens is 340 g/mol. The van der Waals surface area contributed by atoms with Crippen LogP contribution >= 0.6 is 22.9 Å². The molecule has 1 aliphatic heterocycles. The summed E-state index contributed by atoms with van der Waals surface area (Å²) in [7, 11) is -3.31. The third kappa shape index (κ3) is 3.52. The Morgan fingerprint density at radius 3 is 2.32 bits per heavy atom. The van der Waals surface area contributed by atoms with E-state index in [0.717, 1.165) is 24.7 Å². The Bertz CT molecular complexity index is 707. The van der Waals surface area contributed by atoms with Crippen molar-refractivity contribution in [3.8, 4) is 0 Å². The van der Waals surface area contributed by atoms with Crippen LogP contribution in [0.4, 0.5) is 0 Å². The molecular formula is C15H17ClN2O2S2. The molecule has 0 atom stereocenters. The molecule has 2 aromatic rings. The maximum Gasteiger partial charge on any atom is 0.252 e. The summed E-state index contributed by atoms with van der Waals surface area (Å²) in [6, 6.07) is 11.2. The first-order valence-corrected chi connectivity index (χ1v) is 9.76. The Kier molecular flexibility index (Phi) is 4.84. The average molecular weight is 357 g/mol. The Morgan fingerprint density at radius 2 is 1.73 bits per heavy atom. The molecule has 0 radical (unpaired) electrons. The first-order chi connectivity index (χ1) is 10.6. The van der Waals surface area contributed by atoms with Gasteiger partial charge >= 0.3 is 0 Å². The molecule has 1 aliphatic rings. The van der Waals surface area contributed by atoms with Crippen molar-refractivity contribution in [3.05, 3.63) is 52.4 Å². The fourth-order valence-corrected chi connectivity index (χ4v) is 5.21. The van der Waals surface area contributed by atoms with Crippen molar-refractivity contribution < 1.29 is 8.42 Å². The van der Waals surface area contributed by atoms with Gasteiger partial charge in [0.05, 0.1) is 0 Å². The van der Waals surface area contributed by atoms with E-state index < -0.39 is 10.0 Å². The van der Waals surface area contributed by atoms with Crippen LogP contribution in [0.25, 0.3) is 0 Å². The van der Waals surface area contributed by atoms with Crippen LogP contribution in [-0.4, -0.2) is 43.8 Å². The third-order valence-electron chi connectivity index (χ3n) is 3.74. The van der Waals surface area contributed by atoms with Gasteiger partial charge < -0.3 is 0 Å². The topological polar surface area (TPSA) is 40.6 Å². The molecule has 0 saturated carbocycles. The SMILES string of the molecule is O=S(=O)(c1cccs1)N1CCN(Cc2ccc(Cl)cc2)CC1. The molecule has 2 heterocycles. The number of hydrogen-bond acceptors (Lipinski definition) is 4. The number of thiophene rings is 1. The molecule has 1 aromatic carbocycles. The van der Waals surface area contributed by atoms with E-state index in [1.54, 1.807) is 21.8 Å². The Hall–Kier alpha value is -0.920. The number of nitrogens with zero attached hydrogens (tertiary/aromatic N) is 2. The Balaban J connectivity index is 1.60. The molecule has 0 amide bonds. The van der Waals surface area contributed by atoms with Gasteiger partial charge in [0, 0.05) is 37.7 Å². The smallest absolute Gasteiger partial charge is 0.252 e. The van der Waals surface area contributed by atoms with E-state index in [-0.39, 0.29) is 0 Å². The van der Waals surface area contributed by atoms with Crippen LogP contribution in [0.15, 0.2) is 46.0 Å². The highest BCUT2D eigenvalue weighted by Gasteiger charge is 2.28. The van der Waals surface area contributed by atoms with Crippen molar-refractivity contribution in [1.29, 1.82) is 0 Å². The second-order valence-corrected chi connectivity index (χ2v) is 8.79. The van der Waals surface area contributed by atoms with Crippen molar-refractivity contribution in [2.24, 2.45) is 0 Å². The van der Waals surface area contributed by atoms with Gasteiger partial charge in [-0.1, -0.05) is 29.8 Å². The molecule has 0 spiro atoms. The Labute approximate surface area is 140 Å². The maximum atomic E-state index is 12.5. The molecule has 1 saturated heterocycles. The van der Waals surface area contributed by atoms with Crippen molar-refractivity contribution in [3.63, 3.8) is 0 Å². The van der Waals surface area contributed by atoms with Crippen LogP contribution in [0, 0.1) is 0 Å². The van der Waals surface area contributed by atoms with Crippen molar-refractivity contribution >= 4 is 33.0 Å². The van der Waals surface area contributed by atoms with Gasteiger partial charge in [-0.25, -0.2) is 8.42 Å². The van der Waals surface area contributed by atoms with E-state index in [1.807, 2.05) is 24.3 Å². The van der Waals surface area contributed by atoms with Gasteiger partial charge in [0.25, 0.3) is 10.0 Å². The van der Waals surface area contributed by atoms with Crippen molar-refractivity contribution in [2.45, 2.75) is 10.8 Å². The lowest BCUT2D eigenvalue weighted by Gasteiger charge is -2.33. The van der Waals surface area contributed by atoms with Crippen LogP contribution in [0.3, 0.4) is 0 Å². The van der Waals surface area contributed by atoms with Crippen LogP contribution in [0.2, 0.25) is 5.02 Å². The summed E-state index contributed by atoms with van der Waals surface area (Å²) < 4.78 is 26.9. The number of benzene rings is 1. The number of rotatable bonds is 4. The average Bonchev–Trinajstić information content (AvgIpc) is 3.05. The van der Waals surface area contributed by atoms with Gasteiger partial charge in [-0.15, -0.1) is 11.3 Å². The van der Waals surface area contributed by atoms with Crippen LogP contribution in [0.1, 0.15) is 5.56 Å². The first-order valence-electron chi connectivity index (χ1n) is 7.06. The minimum Gasteiger partial charge on any atom is -0.296 e. The molecule has 22 heavy (non-hydrogen) atoms. The van der Waals surface area contributed by atoms with Gasteiger partial charge in [-0.3, -0.25) is 4.90 Å². The maximum absolute atomic E-state index is 12.5. The van der Waals surface area contributed by atoms with E-state index >= 15 is 0 Å². The number of piperazine rings is 1. The van der Waals surface area contributed by atoms with Gasteiger partial charge in [0.1, 0.15) is 4.21 Å². The molecule has 0 bridgehead atoms. The lowest BCUT2D eigenvalue weighted by atomic mass is 10.2. The zero-order chi connectivity index (χ0) is 15.6. The standard InChI is InChI=1S/C15H17ClN2O2S2/c16-14-5-3-13(4-6-14)12-17-7-9-18(10-8-17)22(19,20)15-2-1-11-21-15/h1-6,11H,7-10,12H2. The highest BCUT2D eigenvalue weighted by atomic mass is 35.5. The number of sulfonamides is 1. The normalized spacial score (nSPS) is 17.7. The van der Waals surface area contributed by atoms with Gasteiger partial charge in [-0.05, 0) is 29.1 Å². The van der Waals surface area contributed by atoms with Crippen LogP contribution in [-0.2, 0) is 16.6 Å². The van der Waals surface area contributed by atoms with Crippen molar-refractivity contribution in [2.75, 3.05) is 26.2 Å². The molecule has 0 aliphatic carbocycles. The molecule has 0 unspecified atom stereocenters. The summed E-state index contributed by atoms with van der Waals surface area (Å²) in [5.74, 6) is 0. The largest absolute Gasteiger partial charge is 0.296 e. The lowest BCUT2D eigenvalue weighted by Crippen LogP contribution is -2.48. The molecule has 1 fully saturated rings. The highest BCUT2D eigenvalue weighted by Crippen LogP contribution is 2.22. The molecule has 1 aromatic heterocycles. The fraction of sp³-hybridized carbons (Fsp3) is 0.333. The van der Waals surface area contributed by atoms with E-state index in [9.17, 15) is 8.42 Å². The number of halogens is 1. The fourth-order valence-electron chi connectivity index (χ4n) is 2.51. The molecule has 4 nitrogen and oxygen atoms in total. The van der Waals surface area contributed by atoms with Gasteiger partial charge in [-0.2, -0.15) is 4.31 Å². The minimum atomic E-state index is -3.31. The summed E-state index contributed by atoms with van der Waals surface area (Å²) >= 11 is 7.16. The predicted octanol–water partition coefficient (Wildman–Crippen LogP) is 2.91. The monoisotopic (exact) mass is 356 g/mol. The van der Waals surface area contributed by atoms with E-state index in [1.165, 1.54) is 16.9 Å². The van der Waals surface area contributed by atoms with Crippen LogP contribution in [0.5, 0.6) is 0 Å². The lowest BCUT2D eigenvalue weighted by molar-refractivity contribution is 0.182. The molecule has 0 N–H and O–H groups in total. The second-order valence-electron chi connectivity index (χ2n) is 5.24. The van der Waals surface area contributed by atoms with E-state index in [4.69, 9.17) is 11.6 Å². The zero-order valence-electron chi connectivity index (χ0n) is 12.0. The highest BCUT2D eigenvalue weighted by molar-refractivity contribution is 7.91. The summed E-state index contributed by atoms with van der Waals surface area (Å²) in [4.78, 5) is 2.27. The van der Waals surface area contributed by atoms with Gasteiger partial charge in [0.2, 0.25) is 0 Å². The number of hydrogen-bond donors (Lipinski definition) is 0. The summed E-state index contributed by atoms with van der Waals surface area (Å²) in [6.07, 6.45) is 0. The molecule has 118 valence electrons. The third-order valence-corrected chi connectivity index (χ3v) is 7.26. The second kappa shape index (κ2) is 6.68. The Morgan fingerprint density at radius 1 is 1.05 bits per heavy atom. The van der Waals surface area contributed by atoms with E-state index in [2.05, 4.69) is 4.90 Å². The molecule has 7 heteroatoms. The summed E-state index contributed by atoms with van der Waals surface area (Å²) in [5.41, 5.74) is 1.19. The van der Waals surface area contributed by atoms with Crippen LogP contribution < -0.4 is 0 Å². The van der Waals surface area contributed by atoms with Crippen molar-refractivity contribution in [1.82, 2.24) is 9.21 Å². The summed E-state index contributed by atoms with van der Waals surface area (Å²) in [5, 5.41) is 2.53. The first kappa shape index (κ1) is 16.0. The summed E-state index contributed by atoms with van der Waals surface area (Å²) in [6.45, 7) is 3.38. The van der Waals surface area contributed by atoms with Gasteiger partial charge in [0.15, 0.2) is 0 Å². The molecule has 3 rings (SSSR count). The van der Waals surface area contributed by atoms with E-state index in [0.29, 0.717) is 17.3 Å². The quantitative estimate of drug-likeness (QED) is 0.845. The minimum absolute atomic E-state index is 0.429. The zero-order valence-corrected chi connectivity index (χ0v) is 14.4.